The average molecular weight is 260 g/mol. The molecule has 0 saturated carbocycles. The van der Waals surface area contributed by atoms with Gasteiger partial charge in [-0.3, -0.25) is 4.90 Å². The maximum Gasteiger partial charge on any atom is 0.401 e. The summed E-state index contributed by atoms with van der Waals surface area (Å²) >= 11 is 0. The fraction of sp³-hybridized carbons (Fsp3) is 0.538. The zero-order valence-electron chi connectivity index (χ0n) is 10.9. The quantitative estimate of drug-likeness (QED) is 0.841. The molecule has 5 heteroatoms. The van der Waals surface area contributed by atoms with Crippen LogP contribution in [0.4, 0.5) is 18.9 Å². The summed E-state index contributed by atoms with van der Waals surface area (Å²) < 4.78 is 37.3. The number of aryl methyl sites for hydroxylation is 1. The van der Waals surface area contributed by atoms with Gasteiger partial charge in [-0.25, -0.2) is 0 Å². The van der Waals surface area contributed by atoms with E-state index in [-0.39, 0.29) is 12.6 Å². The minimum atomic E-state index is -4.18. The number of hydrogen-bond donors (Lipinski definition) is 1. The van der Waals surface area contributed by atoms with Gasteiger partial charge in [0.25, 0.3) is 0 Å². The van der Waals surface area contributed by atoms with E-state index in [1.807, 2.05) is 19.1 Å². The van der Waals surface area contributed by atoms with Gasteiger partial charge in [-0.05, 0) is 38.0 Å². The fourth-order valence-corrected chi connectivity index (χ4v) is 1.67. The zero-order valence-corrected chi connectivity index (χ0v) is 10.9. The van der Waals surface area contributed by atoms with Crippen molar-refractivity contribution in [3.8, 4) is 0 Å². The number of halogens is 3. The number of nitrogens with two attached hydrogens (primary N) is 1. The molecule has 0 radical (unpaired) electrons. The SMILES string of the molecule is Cc1ccc(CN(CC(F)(F)F)C(C)C)cc1N. The smallest absolute Gasteiger partial charge is 0.399 e. The molecule has 0 saturated heterocycles. The third kappa shape index (κ3) is 4.56. The highest BCUT2D eigenvalue weighted by Gasteiger charge is 2.31. The lowest BCUT2D eigenvalue weighted by atomic mass is 10.1. The van der Waals surface area contributed by atoms with E-state index in [1.54, 1.807) is 19.9 Å². The van der Waals surface area contributed by atoms with Gasteiger partial charge in [-0.15, -0.1) is 0 Å². The third-order valence-corrected chi connectivity index (χ3v) is 2.84. The first-order valence-electron chi connectivity index (χ1n) is 5.85. The van der Waals surface area contributed by atoms with Crippen molar-refractivity contribution in [3.63, 3.8) is 0 Å². The molecule has 0 unspecified atom stereocenters. The van der Waals surface area contributed by atoms with Gasteiger partial charge in [0.05, 0.1) is 6.54 Å². The lowest BCUT2D eigenvalue weighted by Gasteiger charge is -2.27. The Hall–Kier alpha value is -1.23. The lowest BCUT2D eigenvalue weighted by Crippen LogP contribution is -2.38. The predicted octanol–water partition coefficient (Wildman–Crippen LogP) is 3.35. The summed E-state index contributed by atoms with van der Waals surface area (Å²) in [6.45, 7) is 4.72. The Morgan fingerprint density at radius 3 is 2.33 bits per heavy atom. The van der Waals surface area contributed by atoms with Crippen LogP contribution in [0.3, 0.4) is 0 Å². The Morgan fingerprint density at radius 2 is 1.89 bits per heavy atom. The number of benzene rings is 1. The van der Waals surface area contributed by atoms with Gasteiger partial charge < -0.3 is 5.73 Å². The van der Waals surface area contributed by atoms with Crippen LogP contribution in [0.5, 0.6) is 0 Å². The molecule has 0 atom stereocenters. The lowest BCUT2D eigenvalue weighted by molar-refractivity contribution is -0.150. The van der Waals surface area contributed by atoms with Crippen molar-refractivity contribution in [2.45, 2.75) is 39.5 Å². The molecule has 0 bridgehead atoms. The standard InChI is InChI=1S/C13H19F3N2/c1-9(2)18(8-13(14,15)16)7-11-5-4-10(3)12(17)6-11/h4-6,9H,7-8,17H2,1-3H3. The molecule has 2 nitrogen and oxygen atoms in total. The van der Waals surface area contributed by atoms with Crippen LogP contribution in [0.2, 0.25) is 0 Å². The van der Waals surface area contributed by atoms with Gasteiger partial charge in [-0.2, -0.15) is 13.2 Å². The van der Waals surface area contributed by atoms with Gasteiger partial charge in [-0.1, -0.05) is 12.1 Å². The van der Waals surface area contributed by atoms with Crippen molar-refractivity contribution in [1.82, 2.24) is 4.90 Å². The van der Waals surface area contributed by atoms with Crippen LogP contribution < -0.4 is 5.73 Å². The maximum absolute atomic E-state index is 12.4. The van der Waals surface area contributed by atoms with Gasteiger partial charge in [0.2, 0.25) is 0 Å². The normalized spacial score (nSPS) is 12.4. The molecule has 2 N–H and O–H groups in total. The van der Waals surface area contributed by atoms with Gasteiger partial charge >= 0.3 is 6.18 Å². The first kappa shape index (κ1) is 14.8. The van der Waals surface area contributed by atoms with Gasteiger partial charge in [0.15, 0.2) is 0 Å². The minimum Gasteiger partial charge on any atom is -0.399 e. The summed E-state index contributed by atoms with van der Waals surface area (Å²) in [4.78, 5) is 1.38. The molecule has 102 valence electrons. The van der Waals surface area contributed by atoms with Crippen LogP contribution in [0, 0.1) is 6.92 Å². The monoisotopic (exact) mass is 260 g/mol. The van der Waals surface area contributed by atoms with E-state index in [4.69, 9.17) is 5.73 Å². The molecule has 1 aromatic rings. The van der Waals surface area contributed by atoms with Gasteiger partial charge in [0, 0.05) is 18.3 Å². The van der Waals surface area contributed by atoms with E-state index >= 15 is 0 Å². The molecule has 0 fully saturated rings. The Morgan fingerprint density at radius 1 is 1.28 bits per heavy atom. The second-order valence-corrected chi connectivity index (χ2v) is 4.80. The van der Waals surface area contributed by atoms with Crippen molar-refractivity contribution < 1.29 is 13.2 Å². The van der Waals surface area contributed by atoms with Crippen molar-refractivity contribution in [3.05, 3.63) is 29.3 Å². The highest BCUT2D eigenvalue weighted by molar-refractivity contribution is 5.48. The van der Waals surface area contributed by atoms with Crippen LogP contribution in [0.15, 0.2) is 18.2 Å². The molecular formula is C13H19F3N2. The molecule has 1 aromatic carbocycles. The summed E-state index contributed by atoms with van der Waals surface area (Å²) in [7, 11) is 0. The maximum atomic E-state index is 12.4. The van der Waals surface area contributed by atoms with Crippen molar-refractivity contribution in [2.75, 3.05) is 12.3 Å². The molecule has 0 aromatic heterocycles. The van der Waals surface area contributed by atoms with Crippen molar-refractivity contribution in [1.29, 1.82) is 0 Å². The van der Waals surface area contributed by atoms with Crippen LogP contribution >= 0.6 is 0 Å². The second-order valence-electron chi connectivity index (χ2n) is 4.80. The summed E-state index contributed by atoms with van der Waals surface area (Å²) in [5.41, 5.74) is 8.11. The first-order valence-corrected chi connectivity index (χ1v) is 5.85. The van der Waals surface area contributed by atoms with E-state index in [9.17, 15) is 13.2 Å². The summed E-state index contributed by atoms with van der Waals surface area (Å²) in [6, 6.07) is 5.21. The average Bonchev–Trinajstić information content (AvgIpc) is 2.20. The van der Waals surface area contributed by atoms with Gasteiger partial charge in [0.1, 0.15) is 0 Å². The molecule has 0 aliphatic rings. The van der Waals surface area contributed by atoms with Crippen LogP contribution in [-0.4, -0.2) is 23.7 Å². The van der Waals surface area contributed by atoms with Crippen LogP contribution in [-0.2, 0) is 6.54 Å². The Kier molecular flexibility index (Phi) is 4.62. The minimum absolute atomic E-state index is 0.172. The van der Waals surface area contributed by atoms with Crippen molar-refractivity contribution >= 4 is 5.69 Å². The highest BCUT2D eigenvalue weighted by Crippen LogP contribution is 2.21. The number of nitrogens with zero attached hydrogens (tertiary/aromatic N) is 1. The molecule has 1 rings (SSSR count). The molecule has 0 aliphatic heterocycles. The van der Waals surface area contributed by atoms with Crippen LogP contribution in [0.1, 0.15) is 25.0 Å². The fourth-order valence-electron chi connectivity index (χ4n) is 1.67. The summed E-state index contributed by atoms with van der Waals surface area (Å²) in [5.74, 6) is 0. The Balaban J connectivity index is 2.80. The molecule has 0 aliphatic carbocycles. The third-order valence-electron chi connectivity index (χ3n) is 2.84. The van der Waals surface area contributed by atoms with E-state index in [2.05, 4.69) is 0 Å². The highest BCUT2D eigenvalue weighted by atomic mass is 19.4. The molecule has 0 amide bonds. The summed E-state index contributed by atoms with van der Waals surface area (Å²) in [5, 5.41) is 0. The molecule has 0 spiro atoms. The Labute approximate surface area is 106 Å². The predicted molar refractivity (Wildman–Crippen MR) is 67.2 cm³/mol. The number of rotatable bonds is 4. The van der Waals surface area contributed by atoms with E-state index in [0.29, 0.717) is 5.69 Å². The number of nitrogen functional groups attached to an aromatic ring is 1. The van der Waals surface area contributed by atoms with E-state index in [0.717, 1.165) is 11.1 Å². The second kappa shape index (κ2) is 5.61. The number of anilines is 1. The zero-order chi connectivity index (χ0) is 13.9. The summed E-state index contributed by atoms with van der Waals surface area (Å²) in [6.07, 6.45) is -4.18. The molecular weight excluding hydrogens is 241 g/mol. The van der Waals surface area contributed by atoms with E-state index < -0.39 is 12.7 Å². The topological polar surface area (TPSA) is 29.3 Å². The largest absolute Gasteiger partial charge is 0.401 e. The number of alkyl halides is 3. The molecule has 0 heterocycles. The van der Waals surface area contributed by atoms with E-state index in [1.165, 1.54) is 4.90 Å². The van der Waals surface area contributed by atoms with Crippen LogP contribution in [0.25, 0.3) is 0 Å². The molecule has 18 heavy (non-hydrogen) atoms. The van der Waals surface area contributed by atoms with Crippen molar-refractivity contribution in [2.24, 2.45) is 0 Å². The number of hydrogen-bond acceptors (Lipinski definition) is 2. The Bertz CT molecular complexity index is 400. The first-order chi connectivity index (χ1) is 8.19.